The summed E-state index contributed by atoms with van der Waals surface area (Å²) in [7, 11) is 0. The van der Waals surface area contributed by atoms with E-state index in [2.05, 4.69) is 125 Å². The number of rotatable bonds is 0. The first kappa shape index (κ1) is 46.4. The number of carbonyl (C=O) groups is 2. The van der Waals surface area contributed by atoms with Crippen LogP contribution in [0.25, 0.3) is 0 Å². The third-order valence-corrected chi connectivity index (χ3v) is 5.29. The van der Waals surface area contributed by atoms with Crippen LogP contribution in [-0.4, -0.2) is 99.4 Å². The van der Waals surface area contributed by atoms with Crippen LogP contribution >= 0.6 is 118 Å². The topological polar surface area (TPSA) is 58.9 Å². The summed E-state index contributed by atoms with van der Waals surface area (Å²) in [5.41, 5.74) is 0. The molecule has 0 rings (SSSR count). The molecule has 0 saturated carbocycles. The Morgan fingerprint density at radius 2 is 0.857 bits per heavy atom. The van der Waals surface area contributed by atoms with Gasteiger partial charge in [-0.3, -0.25) is 0 Å². The maximum absolute atomic E-state index is 9.91. The predicted octanol–water partition coefficient (Wildman–Crippen LogP) is 2.06. The van der Waals surface area contributed by atoms with Gasteiger partial charge in [-0.25, -0.2) is 0 Å². The molecular formula is C5H18Ga6I6N2O2. The standard InChI is InChI=1S/2C2H3NO.CH4.6Ga.6HI.8H/c2*1-2(3)4;;;;;;;;;;;;;;;;;;;;;/h2*1H3;1H4;;;;;;;6*1H;;;;;;;;/q;;;6*+1;;;;;;;;;;;;;;/p-6. The van der Waals surface area contributed by atoms with Gasteiger partial charge in [0, 0.05) is 0 Å². The minimum atomic E-state index is -0.509. The molecule has 2 amide bonds. The quantitative estimate of drug-likeness (QED) is 0.276. The first-order valence-corrected chi connectivity index (χ1v) is 72.5. The van der Waals surface area contributed by atoms with Crippen LogP contribution in [0.4, 0.5) is 0 Å². The van der Waals surface area contributed by atoms with E-state index in [1.54, 1.807) is 0 Å². The molecule has 0 aliphatic carbocycles. The van der Waals surface area contributed by atoms with Gasteiger partial charge < -0.3 is 0 Å². The molecule has 21 heavy (non-hydrogen) atoms. The fraction of sp³-hybridized carbons (Fsp3) is 0.600. The molecule has 0 bridgehead atoms. The van der Waals surface area contributed by atoms with Crippen molar-refractivity contribution in [2.75, 3.05) is 0 Å². The van der Waals surface area contributed by atoms with Crippen LogP contribution < -0.4 is 0 Å². The van der Waals surface area contributed by atoms with Crippen molar-refractivity contribution in [2.45, 2.75) is 21.3 Å². The Morgan fingerprint density at radius 3 is 0.857 bits per heavy atom. The molecule has 0 aliphatic heterocycles. The first-order valence-electron chi connectivity index (χ1n) is 4.32. The van der Waals surface area contributed by atoms with Gasteiger partial charge in [0.05, 0.1) is 0 Å². The molecule has 4 nitrogen and oxygen atoms in total. The minimum absolute atomic E-state index is 0. The number of halogens is 6. The van der Waals surface area contributed by atoms with Gasteiger partial charge in [-0.15, -0.1) is 0 Å². The zero-order valence-corrected chi connectivity index (χ0v) is 46.7. The zero-order valence-electron chi connectivity index (χ0n) is 12.1. The van der Waals surface area contributed by atoms with Gasteiger partial charge in [0.1, 0.15) is 0 Å². The van der Waals surface area contributed by atoms with Crippen molar-refractivity contribution in [3.8, 4) is 0 Å². The van der Waals surface area contributed by atoms with Gasteiger partial charge in [-0.2, -0.15) is 0 Å². The molecule has 0 fully saturated rings. The van der Waals surface area contributed by atoms with Crippen molar-refractivity contribution in [2.24, 2.45) is 7.29 Å². The summed E-state index contributed by atoms with van der Waals surface area (Å²) in [6.07, 6.45) is 0. The van der Waals surface area contributed by atoms with Gasteiger partial charge in [0.25, 0.3) is 0 Å². The number of carbonyl (C=O) groups excluding carboxylic acids is 2. The van der Waals surface area contributed by atoms with Crippen molar-refractivity contribution in [1.29, 1.82) is 0 Å². The molecule has 120 valence electrons. The fourth-order valence-electron chi connectivity index (χ4n) is 0.137. The van der Waals surface area contributed by atoms with E-state index in [4.69, 9.17) is 0 Å². The molecular weight excluding hydrogens is 1300 g/mol. The van der Waals surface area contributed by atoms with E-state index in [1.165, 1.54) is 13.8 Å². The summed E-state index contributed by atoms with van der Waals surface area (Å²) in [4.78, 5) is 19.8. The second-order valence-corrected chi connectivity index (χ2v) is 9.18. The monoisotopic (exact) mass is 1310 g/mol. The molecule has 0 unspecified atom stereocenters. The van der Waals surface area contributed by atoms with Crippen molar-refractivity contribution in [3.05, 3.63) is 0 Å². The summed E-state index contributed by atoms with van der Waals surface area (Å²) in [5.74, 6) is -0.0474. The summed E-state index contributed by atoms with van der Waals surface area (Å²) in [6.45, 7) is 2.96. The van der Waals surface area contributed by atoms with Crippen LogP contribution in [0.3, 0.4) is 0 Å². The molecule has 0 N–H and O–H groups in total. The first-order chi connectivity index (χ1) is 9.54. The molecule has 0 aliphatic rings. The third-order valence-electron chi connectivity index (χ3n) is 0.461. The average molecular weight is 1320 g/mol. The molecule has 0 atom stereocenters. The summed E-state index contributed by atoms with van der Waals surface area (Å²) >= 11 is 16.8. The molecule has 0 aromatic heterocycles. The Morgan fingerprint density at radius 1 is 0.714 bits per heavy atom. The van der Waals surface area contributed by atoms with E-state index >= 15 is 0 Å². The van der Waals surface area contributed by atoms with Gasteiger partial charge in [0.15, 0.2) is 0 Å². The van der Waals surface area contributed by atoms with Gasteiger partial charge in [0.2, 0.25) is 0 Å². The Balaban J connectivity index is -0.0000000246. The number of nitrogens with zero attached hydrogens (tertiary/aromatic N) is 2. The normalized spacial score (nSPS) is 5.71. The van der Waals surface area contributed by atoms with Crippen molar-refractivity contribution >= 4 is 217 Å². The zero-order chi connectivity index (χ0) is 18.0. The second kappa shape index (κ2) is 63.1. The van der Waals surface area contributed by atoms with E-state index in [1.807, 2.05) is 0 Å². The van der Waals surface area contributed by atoms with Crippen molar-refractivity contribution in [1.82, 2.24) is 0 Å². The molecule has 0 saturated heterocycles. The fourth-order valence-corrected chi connectivity index (χ4v) is 4.79. The maximum atomic E-state index is 9.91. The molecule has 0 aromatic rings. The molecule has 0 heterocycles. The van der Waals surface area contributed by atoms with Gasteiger partial charge in [-0.1, -0.05) is 7.43 Å². The van der Waals surface area contributed by atoms with E-state index in [-0.39, 0.29) is 19.2 Å². The van der Waals surface area contributed by atoms with Gasteiger partial charge >= 0.3 is 248 Å². The predicted molar refractivity (Wildman–Crippen MR) is 163 cm³/mol. The van der Waals surface area contributed by atoms with E-state index in [9.17, 15) is 9.59 Å². The molecule has 0 aromatic carbocycles. The van der Waals surface area contributed by atoms with Crippen LogP contribution in [0.15, 0.2) is 7.29 Å². The molecule has 0 radical (unpaired) electrons. The molecule has 0 spiro atoms. The Kier molecular flexibility index (Phi) is 139. The van der Waals surface area contributed by atoms with E-state index in [0.717, 1.165) is 60.2 Å². The summed E-state index contributed by atoms with van der Waals surface area (Å²) < 4.78 is 7.26. The Labute approximate surface area is 248 Å². The van der Waals surface area contributed by atoms with Crippen molar-refractivity contribution in [3.63, 3.8) is 0 Å². The van der Waals surface area contributed by atoms with E-state index in [0.29, 0.717) is 0 Å². The van der Waals surface area contributed by atoms with Gasteiger partial charge in [-0.05, 0) is 0 Å². The number of amides is 2. The van der Waals surface area contributed by atoms with Crippen LogP contribution in [0.5, 0.6) is 0 Å². The summed E-state index contributed by atoms with van der Waals surface area (Å²) in [5, 5.41) is 0. The summed E-state index contributed by atoms with van der Waals surface area (Å²) in [6, 6.07) is 0. The van der Waals surface area contributed by atoms with Crippen LogP contribution in [0, 0.1) is 0 Å². The second-order valence-electron chi connectivity index (χ2n) is 1.49. The Bertz CT molecular complexity index is 204. The number of hydrogen-bond donors (Lipinski definition) is 0. The Hall–Kier alpha value is 7.14. The SMILES string of the molecule is C.CC(=O)[N]=[Ga][I].CC(=O)[N]=[Ga][I].[GaH2][I].[GaH2][I].[GaH2][I].[GaH2][I]. The molecule has 16 heteroatoms. The van der Waals surface area contributed by atoms with Crippen LogP contribution in [-0.2, 0) is 9.59 Å². The average Bonchev–Trinajstić information content (AvgIpc) is 2.48. The van der Waals surface area contributed by atoms with E-state index < -0.39 is 27.3 Å². The van der Waals surface area contributed by atoms with Crippen LogP contribution in [0.1, 0.15) is 21.3 Å². The van der Waals surface area contributed by atoms with Crippen molar-refractivity contribution < 1.29 is 9.59 Å². The number of hydrogen-bond acceptors (Lipinski definition) is 2. The van der Waals surface area contributed by atoms with Crippen LogP contribution in [0.2, 0.25) is 0 Å². The third kappa shape index (κ3) is 99.4.